The minimum atomic E-state index is -4.40. The predicted octanol–water partition coefficient (Wildman–Crippen LogP) is 2.07. The third-order valence-electron chi connectivity index (χ3n) is 2.77. The largest absolute Gasteiger partial charge is 0.488 e. The smallest absolute Gasteiger partial charge is 0.423 e. The van der Waals surface area contributed by atoms with Crippen LogP contribution in [-0.2, 0) is 11.9 Å². The van der Waals surface area contributed by atoms with Gasteiger partial charge in [0, 0.05) is 11.9 Å². The number of benzene rings is 1. The summed E-state index contributed by atoms with van der Waals surface area (Å²) < 4.78 is 37.2. The fraction of sp³-hybridized carbons (Fsp3) is 0.154. The lowest BCUT2D eigenvalue weighted by molar-refractivity contribution is -0.137. The van der Waals surface area contributed by atoms with Gasteiger partial charge >= 0.3 is 13.3 Å². The molecule has 0 aliphatic heterocycles. The van der Waals surface area contributed by atoms with E-state index in [1.54, 1.807) is 24.3 Å². The molecule has 2 aromatic rings. The lowest BCUT2D eigenvalue weighted by atomic mass is 9.77. The van der Waals surface area contributed by atoms with E-state index >= 15 is 0 Å². The van der Waals surface area contributed by atoms with Crippen molar-refractivity contribution in [3.63, 3.8) is 0 Å². The molecule has 0 atom stereocenters. The molecule has 0 bridgehead atoms. The van der Waals surface area contributed by atoms with E-state index in [0.717, 1.165) is 12.3 Å². The maximum atomic E-state index is 12.4. The summed E-state index contributed by atoms with van der Waals surface area (Å²) in [6.07, 6.45) is -3.61. The minimum absolute atomic E-state index is 0.372. The molecule has 0 amide bonds. The van der Waals surface area contributed by atoms with Gasteiger partial charge in [-0.25, -0.2) is 4.98 Å². The summed E-state index contributed by atoms with van der Waals surface area (Å²) in [5.74, 6) is 0.381. The number of nitrogens with zero attached hydrogens (tertiary/aromatic N) is 1. The topological polar surface area (TPSA) is 53.4 Å². The Bertz CT molecular complexity index is 605. The molecule has 3 nitrogen and oxygen atoms in total. The molecule has 1 aromatic heterocycles. The van der Waals surface area contributed by atoms with Gasteiger partial charge in [-0.05, 0) is 23.2 Å². The Morgan fingerprint density at radius 2 is 1.81 bits per heavy atom. The van der Waals surface area contributed by atoms with Crippen molar-refractivity contribution in [1.29, 1.82) is 0 Å². The summed E-state index contributed by atoms with van der Waals surface area (Å²) in [4.78, 5) is 3.75. The predicted molar refractivity (Wildman–Crippen MR) is 75.1 cm³/mol. The SMILES string of the molecule is OB(O)c1ccccc1CSc1ccc(C(F)(F)F)cn1. The summed E-state index contributed by atoms with van der Waals surface area (Å²) >= 11 is 1.22. The molecular weight excluding hydrogens is 302 g/mol. The molecule has 2 N–H and O–H groups in total. The van der Waals surface area contributed by atoms with E-state index in [4.69, 9.17) is 0 Å². The molecule has 0 fully saturated rings. The van der Waals surface area contributed by atoms with Crippen LogP contribution in [0.1, 0.15) is 11.1 Å². The highest BCUT2D eigenvalue weighted by Crippen LogP contribution is 2.30. The summed E-state index contributed by atoms with van der Waals surface area (Å²) in [6, 6.07) is 9.02. The van der Waals surface area contributed by atoms with E-state index in [1.807, 2.05) is 0 Å². The Morgan fingerprint density at radius 3 is 2.38 bits per heavy atom. The Labute approximate surface area is 124 Å². The summed E-state index contributed by atoms with van der Waals surface area (Å²) in [7, 11) is -1.58. The molecule has 0 radical (unpaired) electrons. The van der Waals surface area contributed by atoms with Crippen LogP contribution in [0.25, 0.3) is 0 Å². The van der Waals surface area contributed by atoms with E-state index in [9.17, 15) is 23.2 Å². The summed E-state index contributed by atoms with van der Waals surface area (Å²) in [6.45, 7) is 0. The minimum Gasteiger partial charge on any atom is -0.423 e. The average molecular weight is 313 g/mol. The van der Waals surface area contributed by atoms with Gasteiger partial charge in [-0.15, -0.1) is 11.8 Å². The van der Waals surface area contributed by atoms with Gasteiger partial charge < -0.3 is 10.0 Å². The number of aromatic nitrogens is 1. The molecule has 0 aliphatic rings. The van der Waals surface area contributed by atoms with E-state index in [0.29, 0.717) is 21.8 Å². The fourth-order valence-corrected chi connectivity index (χ4v) is 2.56. The number of alkyl halides is 3. The molecular formula is C13H11BF3NO2S. The first-order chi connectivity index (χ1) is 9.88. The molecule has 8 heteroatoms. The van der Waals surface area contributed by atoms with Crippen molar-refractivity contribution >= 4 is 24.3 Å². The van der Waals surface area contributed by atoms with Gasteiger partial charge in [-0.1, -0.05) is 24.3 Å². The molecule has 110 valence electrons. The number of hydrogen-bond acceptors (Lipinski definition) is 4. The summed E-state index contributed by atoms with van der Waals surface area (Å²) in [5, 5.41) is 18.9. The van der Waals surface area contributed by atoms with Crippen LogP contribution in [0.3, 0.4) is 0 Å². The third kappa shape index (κ3) is 4.23. The van der Waals surface area contributed by atoms with Crippen molar-refractivity contribution in [2.24, 2.45) is 0 Å². The maximum absolute atomic E-state index is 12.4. The lowest BCUT2D eigenvalue weighted by Gasteiger charge is -2.09. The van der Waals surface area contributed by atoms with Crippen LogP contribution in [0.5, 0.6) is 0 Å². The van der Waals surface area contributed by atoms with Gasteiger partial charge in [0.2, 0.25) is 0 Å². The quantitative estimate of drug-likeness (QED) is 0.670. The fourth-order valence-electron chi connectivity index (χ4n) is 1.70. The Kier molecular flexibility index (Phi) is 4.92. The maximum Gasteiger partial charge on any atom is 0.488 e. The first kappa shape index (κ1) is 15.9. The van der Waals surface area contributed by atoms with Crippen molar-refractivity contribution in [2.45, 2.75) is 17.0 Å². The van der Waals surface area contributed by atoms with Crippen LogP contribution in [-0.4, -0.2) is 22.2 Å². The van der Waals surface area contributed by atoms with Crippen LogP contribution in [0, 0.1) is 0 Å². The molecule has 0 aliphatic carbocycles. The van der Waals surface area contributed by atoms with Crippen LogP contribution in [0.15, 0.2) is 47.6 Å². The summed E-state index contributed by atoms with van der Waals surface area (Å²) in [5.41, 5.74) is 0.272. The molecule has 1 aromatic carbocycles. The van der Waals surface area contributed by atoms with E-state index in [1.165, 1.54) is 17.8 Å². The van der Waals surface area contributed by atoms with Gasteiger partial charge in [0.1, 0.15) is 0 Å². The Balaban J connectivity index is 2.07. The average Bonchev–Trinajstić information content (AvgIpc) is 2.45. The van der Waals surface area contributed by atoms with Crippen LogP contribution < -0.4 is 5.46 Å². The second kappa shape index (κ2) is 6.51. The highest BCUT2D eigenvalue weighted by atomic mass is 32.2. The Hall–Kier alpha value is -1.51. The highest BCUT2D eigenvalue weighted by Gasteiger charge is 2.30. The number of hydrogen-bond donors (Lipinski definition) is 2. The van der Waals surface area contributed by atoms with E-state index in [-0.39, 0.29) is 0 Å². The van der Waals surface area contributed by atoms with Crippen LogP contribution >= 0.6 is 11.8 Å². The molecule has 2 rings (SSSR count). The Morgan fingerprint density at radius 1 is 1.10 bits per heavy atom. The first-order valence-electron chi connectivity index (χ1n) is 5.98. The zero-order chi connectivity index (χ0) is 15.5. The third-order valence-corrected chi connectivity index (χ3v) is 3.77. The molecule has 0 spiro atoms. The van der Waals surface area contributed by atoms with Crippen molar-refractivity contribution in [3.8, 4) is 0 Å². The number of pyridine rings is 1. The van der Waals surface area contributed by atoms with Crippen molar-refractivity contribution in [1.82, 2.24) is 4.98 Å². The molecule has 21 heavy (non-hydrogen) atoms. The zero-order valence-electron chi connectivity index (χ0n) is 10.7. The van der Waals surface area contributed by atoms with Gasteiger partial charge in [-0.2, -0.15) is 13.2 Å². The van der Waals surface area contributed by atoms with Gasteiger partial charge in [0.15, 0.2) is 0 Å². The lowest BCUT2D eigenvalue weighted by Crippen LogP contribution is -2.32. The van der Waals surface area contributed by atoms with Crippen molar-refractivity contribution < 1.29 is 23.2 Å². The number of halogens is 3. The van der Waals surface area contributed by atoms with Crippen molar-refractivity contribution in [3.05, 3.63) is 53.7 Å². The molecule has 1 heterocycles. The number of thioether (sulfide) groups is 1. The van der Waals surface area contributed by atoms with Gasteiger partial charge in [0.05, 0.1) is 10.6 Å². The second-order valence-electron chi connectivity index (χ2n) is 4.24. The van der Waals surface area contributed by atoms with Gasteiger partial charge in [-0.3, -0.25) is 0 Å². The van der Waals surface area contributed by atoms with E-state index < -0.39 is 18.9 Å². The molecule has 0 unspecified atom stereocenters. The number of rotatable bonds is 4. The normalized spacial score (nSPS) is 11.5. The zero-order valence-corrected chi connectivity index (χ0v) is 11.5. The van der Waals surface area contributed by atoms with Crippen LogP contribution in [0.4, 0.5) is 13.2 Å². The van der Waals surface area contributed by atoms with E-state index in [2.05, 4.69) is 4.98 Å². The standard InChI is InChI=1S/C13H11BF3NO2S/c15-13(16,17)10-5-6-12(18-7-10)21-8-9-3-1-2-4-11(9)14(19)20/h1-7,19-20H,8H2. The highest BCUT2D eigenvalue weighted by molar-refractivity contribution is 7.98. The monoisotopic (exact) mass is 313 g/mol. The first-order valence-corrected chi connectivity index (χ1v) is 6.96. The van der Waals surface area contributed by atoms with Crippen molar-refractivity contribution in [2.75, 3.05) is 0 Å². The molecule has 0 saturated heterocycles. The molecule has 0 saturated carbocycles. The second-order valence-corrected chi connectivity index (χ2v) is 5.24. The van der Waals surface area contributed by atoms with Crippen LogP contribution in [0.2, 0.25) is 0 Å². The van der Waals surface area contributed by atoms with Gasteiger partial charge in [0.25, 0.3) is 0 Å².